The second-order valence-corrected chi connectivity index (χ2v) is 4.60. The molecule has 0 aliphatic heterocycles. The highest BCUT2D eigenvalue weighted by Gasteiger charge is 2.17. The average molecular weight is 283 g/mol. The molecule has 21 heavy (non-hydrogen) atoms. The van der Waals surface area contributed by atoms with Crippen LogP contribution < -0.4 is 4.74 Å². The Morgan fingerprint density at radius 1 is 1.24 bits per heavy atom. The molecule has 3 rings (SSSR count). The summed E-state index contributed by atoms with van der Waals surface area (Å²) < 4.78 is 7.07. The molecule has 0 fully saturated rings. The normalized spacial score (nSPS) is 10.8. The number of methoxy groups -OCH3 is 1. The van der Waals surface area contributed by atoms with E-state index >= 15 is 0 Å². The number of imidazole rings is 1. The van der Waals surface area contributed by atoms with Crippen LogP contribution in [-0.2, 0) is 0 Å². The van der Waals surface area contributed by atoms with Crippen LogP contribution in [-0.4, -0.2) is 21.6 Å². The van der Waals surface area contributed by atoms with Gasteiger partial charge in [0, 0.05) is 12.1 Å². The van der Waals surface area contributed by atoms with Crippen molar-refractivity contribution >= 4 is 16.7 Å². The van der Waals surface area contributed by atoms with Crippen molar-refractivity contribution in [3.63, 3.8) is 0 Å². The van der Waals surface area contributed by atoms with Crippen molar-refractivity contribution in [2.45, 2.75) is 6.92 Å². The molecule has 0 N–H and O–H groups in total. The number of hydrogen-bond acceptors (Lipinski definition) is 4. The minimum absolute atomic E-state index is 0.0525. The van der Waals surface area contributed by atoms with Crippen LogP contribution in [0.15, 0.2) is 42.5 Å². The molecule has 2 aromatic carbocycles. The van der Waals surface area contributed by atoms with Gasteiger partial charge in [-0.05, 0) is 25.1 Å². The SMILES string of the molecule is COc1cc(-n2c(C)nc3ccccc32)ccc1[N+](=O)[O-]. The molecule has 0 spiro atoms. The van der Waals surface area contributed by atoms with E-state index in [9.17, 15) is 10.1 Å². The number of benzene rings is 2. The van der Waals surface area contributed by atoms with Crippen molar-refractivity contribution in [1.29, 1.82) is 0 Å². The molecule has 0 atom stereocenters. The number of fused-ring (bicyclic) bond motifs is 1. The zero-order valence-electron chi connectivity index (χ0n) is 11.6. The number of ether oxygens (including phenoxy) is 1. The van der Waals surface area contributed by atoms with E-state index in [1.165, 1.54) is 13.2 Å². The molecule has 1 heterocycles. The standard InChI is InChI=1S/C15H13N3O3/c1-10-16-12-5-3-4-6-13(12)17(10)11-7-8-14(18(19)20)15(9-11)21-2/h3-9H,1-2H3. The van der Waals surface area contributed by atoms with E-state index < -0.39 is 4.92 Å². The number of nitrogens with zero attached hydrogens (tertiary/aromatic N) is 3. The number of nitro groups is 1. The molecule has 0 saturated carbocycles. The number of aromatic nitrogens is 2. The highest BCUT2D eigenvalue weighted by molar-refractivity contribution is 5.78. The first kappa shape index (κ1) is 13.1. The van der Waals surface area contributed by atoms with E-state index in [0.717, 1.165) is 22.5 Å². The largest absolute Gasteiger partial charge is 0.490 e. The first-order chi connectivity index (χ1) is 10.1. The summed E-state index contributed by atoms with van der Waals surface area (Å²) in [6.45, 7) is 1.90. The number of nitro benzene ring substituents is 1. The fraction of sp³-hybridized carbons (Fsp3) is 0.133. The predicted molar refractivity (Wildman–Crippen MR) is 79.0 cm³/mol. The van der Waals surface area contributed by atoms with E-state index in [2.05, 4.69) is 4.98 Å². The summed E-state index contributed by atoms with van der Waals surface area (Å²) in [4.78, 5) is 15.0. The first-order valence-corrected chi connectivity index (χ1v) is 6.38. The van der Waals surface area contributed by atoms with Gasteiger partial charge in [0.1, 0.15) is 5.82 Å². The first-order valence-electron chi connectivity index (χ1n) is 6.38. The summed E-state index contributed by atoms with van der Waals surface area (Å²) in [5.41, 5.74) is 2.56. The summed E-state index contributed by atoms with van der Waals surface area (Å²) in [6, 6.07) is 12.5. The van der Waals surface area contributed by atoms with Gasteiger partial charge in [-0.25, -0.2) is 4.98 Å². The summed E-state index contributed by atoms with van der Waals surface area (Å²) in [6.07, 6.45) is 0. The summed E-state index contributed by atoms with van der Waals surface area (Å²) in [7, 11) is 1.42. The maximum absolute atomic E-state index is 11.0. The highest BCUT2D eigenvalue weighted by Crippen LogP contribution is 2.31. The summed E-state index contributed by atoms with van der Waals surface area (Å²) in [5, 5.41) is 11.0. The lowest BCUT2D eigenvalue weighted by atomic mass is 10.2. The molecule has 106 valence electrons. The van der Waals surface area contributed by atoms with Gasteiger partial charge in [0.2, 0.25) is 0 Å². The lowest BCUT2D eigenvalue weighted by molar-refractivity contribution is -0.385. The van der Waals surface area contributed by atoms with Gasteiger partial charge in [-0.1, -0.05) is 12.1 Å². The van der Waals surface area contributed by atoms with Gasteiger partial charge in [-0.15, -0.1) is 0 Å². The quantitative estimate of drug-likeness (QED) is 0.546. The van der Waals surface area contributed by atoms with E-state index in [1.54, 1.807) is 12.1 Å². The van der Waals surface area contributed by atoms with Crippen LogP contribution in [0.3, 0.4) is 0 Å². The Morgan fingerprint density at radius 2 is 2.00 bits per heavy atom. The van der Waals surface area contributed by atoms with Crippen LogP contribution in [0, 0.1) is 17.0 Å². The minimum atomic E-state index is -0.457. The number of rotatable bonds is 3. The van der Waals surface area contributed by atoms with Gasteiger partial charge in [-0.3, -0.25) is 14.7 Å². The molecule has 0 saturated heterocycles. The van der Waals surface area contributed by atoms with Crippen molar-refractivity contribution < 1.29 is 9.66 Å². The topological polar surface area (TPSA) is 70.2 Å². The van der Waals surface area contributed by atoms with E-state index in [0.29, 0.717) is 0 Å². The number of para-hydroxylation sites is 2. The van der Waals surface area contributed by atoms with Crippen LogP contribution in [0.5, 0.6) is 5.75 Å². The van der Waals surface area contributed by atoms with Crippen LogP contribution >= 0.6 is 0 Å². The Hall–Kier alpha value is -2.89. The van der Waals surface area contributed by atoms with Crippen LogP contribution in [0.2, 0.25) is 0 Å². The van der Waals surface area contributed by atoms with E-state index in [-0.39, 0.29) is 11.4 Å². The van der Waals surface area contributed by atoms with Gasteiger partial charge in [0.25, 0.3) is 0 Å². The molecular formula is C15H13N3O3. The van der Waals surface area contributed by atoms with E-state index in [4.69, 9.17) is 4.74 Å². The molecular weight excluding hydrogens is 270 g/mol. The van der Waals surface area contributed by atoms with Crippen LogP contribution in [0.4, 0.5) is 5.69 Å². The average Bonchev–Trinajstić information content (AvgIpc) is 2.82. The maximum atomic E-state index is 11.0. The van der Waals surface area contributed by atoms with Crippen molar-refractivity contribution in [2.75, 3.05) is 7.11 Å². The molecule has 0 radical (unpaired) electrons. The second-order valence-electron chi connectivity index (χ2n) is 4.60. The lowest BCUT2D eigenvalue weighted by Gasteiger charge is -2.09. The van der Waals surface area contributed by atoms with Crippen molar-refractivity contribution in [2.24, 2.45) is 0 Å². The smallest absolute Gasteiger partial charge is 0.311 e. The third-order valence-corrected chi connectivity index (χ3v) is 3.35. The van der Waals surface area contributed by atoms with Crippen molar-refractivity contribution in [3.05, 3.63) is 58.4 Å². The summed E-state index contributed by atoms with van der Waals surface area (Å²) >= 11 is 0. The maximum Gasteiger partial charge on any atom is 0.311 e. The Labute approximate surface area is 120 Å². The molecule has 0 aliphatic rings. The Balaban J connectivity index is 2.24. The Morgan fingerprint density at radius 3 is 2.71 bits per heavy atom. The lowest BCUT2D eigenvalue weighted by Crippen LogP contribution is -1.99. The number of hydrogen-bond donors (Lipinski definition) is 0. The van der Waals surface area contributed by atoms with Crippen molar-refractivity contribution in [3.8, 4) is 11.4 Å². The molecule has 0 amide bonds. The Bertz CT molecular complexity index is 839. The monoisotopic (exact) mass is 283 g/mol. The third kappa shape index (κ3) is 2.10. The predicted octanol–water partition coefficient (Wildman–Crippen LogP) is 3.25. The second kappa shape index (κ2) is 4.90. The van der Waals surface area contributed by atoms with E-state index in [1.807, 2.05) is 35.8 Å². The zero-order chi connectivity index (χ0) is 15.0. The van der Waals surface area contributed by atoms with Gasteiger partial charge in [0.15, 0.2) is 5.75 Å². The van der Waals surface area contributed by atoms with Crippen LogP contribution in [0.25, 0.3) is 16.7 Å². The fourth-order valence-electron chi connectivity index (χ4n) is 2.43. The Kier molecular flexibility index (Phi) is 3.06. The van der Waals surface area contributed by atoms with Crippen molar-refractivity contribution in [1.82, 2.24) is 9.55 Å². The molecule has 0 aliphatic carbocycles. The number of aryl methyl sites for hydroxylation is 1. The molecule has 6 nitrogen and oxygen atoms in total. The highest BCUT2D eigenvalue weighted by atomic mass is 16.6. The molecule has 3 aromatic rings. The van der Waals surface area contributed by atoms with Crippen LogP contribution in [0.1, 0.15) is 5.82 Å². The molecule has 6 heteroatoms. The third-order valence-electron chi connectivity index (χ3n) is 3.35. The molecule has 0 bridgehead atoms. The van der Waals surface area contributed by atoms with Gasteiger partial charge in [0.05, 0.1) is 28.8 Å². The molecule has 1 aromatic heterocycles. The van der Waals surface area contributed by atoms with Gasteiger partial charge >= 0.3 is 5.69 Å². The minimum Gasteiger partial charge on any atom is -0.490 e. The summed E-state index contributed by atoms with van der Waals surface area (Å²) in [5.74, 6) is 1.04. The van der Waals surface area contributed by atoms with Gasteiger partial charge < -0.3 is 4.74 Å². The zero-order valence-corrected chi connectivity index (χ0v) is 11.6. The van der Waals surface area contributed by atoms with Gasteiger partial charge in [-0.2, -0.15) is 0 Å². The fourth-order valence-corrected chi connectivity index (χ4v) is 2.43. The molecule has 0 unspecified atom stereocenters.